The molecule has 2 amide bonds. The number of thioether (sulfide) groups is 1. The number of hydrogen-bond donors (Lipinski definition) is 3. The monoisotopic (exact) mass is 381 g/mol. The van der Waals surface area contributed by atoms with Crippen LogP contribution >= 0.6 is 11.8 Å². The minimum Gasteiger partial charge on any atom is -0.345 e. The zero-order valence-electron chi connectivity index (χ0n) is 14.7. The van der Waals surface area contributed by atoms with Gasteiger partial charge in [0.05, 0.1) is 23.0 Å². The zero-order chi connectivity index (χ0) is 19.1. The molecule has 0 fully saturated rings. The van der Waals surface area contributed by atoms with Crippen molar-refractivity contribution in [2.24, 2.45) is 0 Å². The van der Waals surface area contributed by atoms with Crippen LogP contribution in [0.2, 0.25) is 0 Å². The molecule has 138 valence electrons. The maximum absolute atomic E-state index is 12.7. The van der Waals surface area contributed by atoms with E-state index >= 15 is 0 Å². The minimum absolute atomic E-state index is 0.149. The molecule has 0 aliphatic heterocycles. The second-order valence-electron chi connectivity index (χ2n) is 5.78. The van der Waals surface area contributed by atoms with Crippen molar-refractivity contribution in [1.29, 1.82) is 0 Å². The number of benzene rings is 2. The molecule has 0 bridgehead atoms. The minimum atomic E-state index is -0.245. The summed E-state index contributed by atoms with van der Waals surface area (Å²) in [6.07, 6.45) is 1.38. The first kappa shape index (κ1) is 18.7. The molecule has 8 heteroatoms. The third kappa shape index (κ3) is 5.18. The molecule has 1 heterocycles. The average Bonchev–Trinajstić information content (AvgIpc) is 3.21. The molecule has 27 heavy (non-hydrogen) atoms. The second kappa shape index (κ2) is 9.00. The number of aromatic amines is 1. The van der Waals surface area contributed by atoms with Gasteiger partial charge in [-0.15, -0.1) is 0 Å². The van der Waals surface area contributed by atoms with Crippen LogP contribution in [-0.2, 0) is 4.79 Å². The summed E-state index contributed by atoms with van der Waals surface area (Å²) in [5, 5.41) is 12.7. The number of anilines is 1. The lowest BCUT2D eigenvalue weighted by molar-refractivity contribution is -0.113. The number of H-pyrrole nitrogens is 1. The van der Waals surface area contributed by atoms with Crippen molar-refractivity contribution in [3.63, 3.8) is 0 Å². The first-order valence-corrected chi connectivity index (χ1v) is 9.35. The largest absolute Gasteiger partial charge is 0.345 e. The van der Waals surface area contributed by atoms with Crippen LogP contribution in [0.5, 0.6) is 0 Å². The fourth-order valence-corrected chi connectivity index (χ4v) is 3.05. The smallest absolute Gasteiger partial charge is 0.253 e. The Kier molecular flexibility index (Phi) is 6.22. The van der Waals surface area contributed by atoms with Gasteiger partial charge in [0, 0.05) is 0 Å². The van der Waals surface area contributed by atoms with E-state index in [1.807, 2.05) is 37.3 Å². The number of rotatable bonds is 7. The van der Waals surface area contributed by atoms with Crippen LogP contribution in [0, 0.1) is 0 Å². The molecule has 0 spiro atoms. The Labute approximate surface area is 161 Å². The summed E-state index contributed by atoms with van der Waals surface area (Å²) in [4.78, 5) is 28.8. The Balaban J connectivity index is 1.64. The average molecular weight is 381 g/mol. The molecule has 3 rings (SSSR count). The van der Waals surface area contributed by atoms with Gasteiger partial charge in [-0.2, -0.15) is 5.10 Å². The standard InChI is InChI=1S/C19H19N5O2S/c1-13(14-7-3-2-4-8-14)22-18(26)15-9-5-6-10-16(15)23-17(25)11-27-19-20-12-21-24-19/h2-10,12-13H,11H2,1H3,(H,22,26)(H,23,25)(H,20,21,24)/t13-/m1/s1. The molecule has 2 aromatic carbocycles. The van der Waals surface area contributed by atoms with Gasteiger partial charge in [-0.3, -0.25) is 14.7 Å². The third-order valence-corrected chi connectivity index (χ3v) is 4.70. The fraction of sp³-hybridized carbons (Fsp3) is 0.158. The number of carbonyl (C=O) groups is 2. The maximum Gasteiger partial charge on any atom is 0.253 e. The van der Waals surface area contributed by atoms with Gasteiger partial charge in [0.2, 0.25) is 5.91 Å². The normalized spacial score (nSPS) is 11.6. The van der Waals surface area contributed by atoms with E-state index in [-0.39, 0.29) is 23.6 Å². The Morgan fingerprint density at radius 3 is 2.59 bits per heavy atom. The predicted molar refractivity (Wildman–Crippen MR) is 105 cm³/mol. The molecule has 0 aliphatic carbocycles. The van der Waals surface area contributed by atoms with Crippen LogP contribution in [-0.4, -0.2) is 32.7 Å². The summed E-state index contributed by atoms with van der Waals surface area (Å²) in [7, 11) is 0. The summed E-state index contributed by atoms with van der Waals surface area (Å²) < 4.78 is 0. The number of para-hydroxylation sites is 1. The highest BCUT2D eigenvalue weighted by molar-refractivity contribution is 7.99. The predicted octanol–water partition coefficient (Wildman–Crippen LogP) is 3.03. The van der Waals surface area contributed by atoms with E-state index in [1.165, 1.54) is 18.1 Å². The molecule has 0 aliphatic rings. The van der Waals surface area contributed by atoms with Crippen molar-refractivity contribution in [2.45, 2.75) is 18.1 Å². The molecule has 3 N–H and O–H groups in total. The molecule has 1 aromatic heterocycles. The van der Waals surface area contributed by atoms with Crippen molar-refractivity contribution >= 4 is 29.3 Å². The number of nitrogens with zero attached hydrogens (tertiary/aromatic N) is 2. The Hall–Kier alpha value is -3.13. The summed E-state index contributed by atoms with van der Waals surface area (Å²) in [6.45, 7) is 1.92. The van der Waals surface area contributed by atoms with Crippen molar-refractivity contribution < 1.29 is 9.59 Å². The van der Waals surface area contributed by atoms with Crippen LogP contribution in [0.4, 0.5) is 5.69 Å². The van der Waals surface area contributed by atoms with E-state index in [4.69, 9.17) is 0 Å². The Bertz CT molecular complexity index is 899. The van der Waals surface area contributed by atoms with Gasteiger partial charge in [0.15, 0.2) is 5.16 Å². The molecule has 1 atom stereocenters. The van der Waals surface area contributed by atoms with Gasteiger partial charge in [-0.05, 0) is 24.6 Å². The highest BCUT2D eigenvalue weighted by Crippen LogP contribution is 2.19. The van der Waals surface area contributed by atoms with Crippen molar-refractivity contribution in [1.82, 2.24) is 20.5 Å². The molecule has 7 nitrogen and oxygen atoms in total. The number of nitrogens with one attached hydrogen (secondary N) is 3. The molecular formula is C19H19N5O2S. The number of amides is 2. The van der Waals surface area contributed by atoms with E-state index in [0.717, 1.165) is 5.56 Å². The van der Waals surface area contributed by atoms with E-state index in [1.54, 1.807) is 24.3 Å². The van der Waals surface area contributed by atoms with Crippen LogP contribution < -0.4 is 10.6 Å². The number of carbonyl (C=O) groups excluding carboxylic acids is 2. The third-order valence-electron chi connectivity index (χ3n) is 3.83. The van der Waals surface area contributed by atoms with Crippen molar-refractivity contribution in [3.8, 4) is 0 Å². The number of hydrogen-bond acceptors (Lipinski definition) is 5. The van der Waals surface area contributed by atoms with E-state index in [2.05, 4.69) is 25.8 Å². The van der Waals surface area contributed by atoms with Crippen LogP contribution in [0.15, 0.2) is 66.1 Å². The molecule has 0 unspecified atom stereocenters. The van der Waals surface area contributed by atoms with Gasteiger partial charge < -0.3 is 10.6 Å². The fourth-order valence-electron chi connectivity index (χ4n) is 2.47. The SMILES string of the molecule is C[C@@H](NC(=O)c1ccccc1NC(=O)CSc1ncn[nH]1)c1ccccc1. The lowest BCUT2D eigenvalue weighted by Gasteiger charge is -2.16. The quantitative estimate of drug-likeness (QED) is 0.546. The molecule has 0 saturated heterocycles. The van der Waals surface area contributed by atoms with E-state index in [0.29, 0.717) is 16.4 Å². The van der Waals surface area contributed by atoms with Gasteiger partial charge in [-0.1, -0.05) is 54.2 Å². The van der Waals surface area contributed by atoms with Gasteiger partial charge in [0.1, 0.15) is 6.33 Å². The number of aromatic nitrogens is 3. The molecule has 0 saturated carbocycles. The van der Waals surface area contributed by atoms with Crippen LogP contribution in [0.1, 0.15) is 28.9 Å². The molecular weight excluding hydrogens is 362 g/mol. The maximum atomic E-state index is 12.7. The van der Waals surface area contributed by atoms with Gasteiger partial charge in [-0.25, -0.2) is 4.98 Å². The molecule has 0 radical (unpaired) electrons. The summed E-state index contributed by atoms with van der Waals surface area (Å²) in [6, 6.07) is 16.5. The topological polar surface area (TPSA) is 99.8 Å². The molecule has 3 aromatic rings. The van der Waals surface area contributed by atoms with E-state index in [9.17, 15) is 9.59 Å². The van der Waals surface area contributed by atoms with Crippen molar-refractivity contribution in [3.05, 3.63) is 72.1 Å². The second-order valence-corrected chi connectivity index (χ2v) is 6.74. The summed E-state index contributed by atoms with van der Waals surface area (Å²) in [5.74, 6) is -0.316. The lowest BCUT2D eigenvalue weighted by Crippen LogP contribution is -2.28. The van der Waals surface area contributed by atoms with E-state index < -0.39 is 0 Å². The lowest BCUT2D eigenvalue weighted by atomic mass is 10.1. The Morgan fingerprint density at radius 1 is 1.11 bits per heavy atom. The zero-order valence-corrected chi connectivity index (χ0v) is 15.5. The first-order chi connectivity index (χ1) is 13.1. The highest BCUT2D eigenvalue weighted by atomic mass is 32.2. The first-order valence-electron chi connectivity index (χ1n) is 8.36. The van der Waals surface area contributed by atoms with Crippen LogP contribution in [0.25, 0.3) is 0 Å². The van der Waals surface area contributed by atoms with Gasteiger partial charge >= 0.3 is 0 Å². The summed E-state index contributed by atoms with van der Waals surface area (Å²) >= 11 is 1.23. The summed E-state index contributed by atoms with van der Waals surface area (Å²) in [5.41, 5.74) is 1.90. The van der Waals surface area contributed by atoms with Crippen LogP contribution in [0.3, 0.4) is 0 Å². The van der Waals surface area contributed by atoms with Gasteiger partial charge in [0.25, 0.3) is 5.91 Å². The highest BCUT2D eigenvalue weighted by Gasteiger charge is 2.16. The van der Waals surface area contributed by atoms with Crippen molar-refractivity contribution in [2.75, 3.05) is 11.1 Å². The Morgan fingerprint density at radius 2 is 1.85 bits per heavy atom.